The zero-order valence-electron chi connectivity index (χ0n) is 11.5. The molecule has 4 nitrogen and oxygen atoms in total. The van der Waals surface area contributed by atoms with E-state index in [4.69, 9.17) is 4.42 Å². The molecule has 1 amide bonds. The van der Waals surface area contributed by atoms with Crippen molar-refractivity contribution < 1.29 is 9.21 Å². The predicted molar refractivity (Wildman–Crippen MR) is 78.6 cm³/mol. The molecule has 1 aromatic carbocycles. The van der Waals surface area contributed by atoms with Crippen molar-refractivity contribution in [1.82, 2.24) is 5.43 Å². The van der Waals surface area contributed by atoms with Crippen molar-refractivity contribution in [3.05, 3.63) is 59.5 Å². The summed E-state index contributed by atoms with van der Waals surface area (Å²) in [6, 6.07) is 13.8. The molecule has 0 spiro atoms. The second-order valence-electron chi connectivity index (χ2n) is 4.58. The van der Waals surface area contributed by atoms with Gasteiger partial charge >= 0.3 is 0 Å². The molecule has 0 bridgehead atoms. The summed E-state index contributed by atoms with van der Waals surface area (Å²) in [4.78, 5) is 11.6. The quantitative estimate of drug-likeness (QED) is 0.648. The van der Waals surface area contributed by atoms with Gasteiger partial charge < -0.3 is 4.42 Å². The average Bonchev–Trinajstić information content (AvgIpc) is 2.86. The highest BCUT2D eigenvalue weighted by Crippen LogP contribution is 2.04. The predicted octanol–water partition coefficient (Wildman–Crippen LogP) is 3.06. The molecular formula is C16H18N2O2. The van der Waals surface area contributed by atoms with Crippen LogP contribution in [0.2, 0.25) is 0 Å². The van der Waals surface area contributed by atoms with Gasteiger partial charge in [-0.15, -0.1) is 0 Å². The zero-order chi connectivity index (χ0) is 14.2. The van der Waals surface area contributed by atoms with Crippen LogP contribution in [0.3, 0.4) is 0 Å². The van der Waals surface area contributed by atoms with E-state index in [9.17, 15) is 4.79 Å². The SMILES string of the molecule is Cc1ccc(/C=N/NC(=O)CCCc2ccccc2)o1. The lowest BCUT2D eigenvalue weighted by Crippen LogP contribution is -2.17. The van der Waals surface area contributed by atoms with Crippen molar-refractivity contribution in [1.29, 1.82) is 0 Å². The number of rotatable bonds is 6. The number of nitrogens with zero attached hydrogens (tertiary/aromatic N) is 1. The van der Waals surface area contributed by atoms with E-state index in [-0.39, 0.29) is 5.91 Å². The summed E-state index contributed by atoms with van der Waals surface area (Å²) >= 11 is 0. The minimum atomic E-state index is -0.0829. The Morgan fingerprint density at radius 3 is 2.75 bits per heavy atom. The number of hydrazone groups is 1. The summed E-state index contributed by atoms with van der Waals surface area (Å²) in [5, 5.41) is 3.86. The first-order valence-corrected chi connectivity index (χ1v) is 6.66. The second kappa shape index (κ2) is 7.28. The topological polar surface area (TPSA) is 54.6 Å². The van der Waals surface area contributed by atoms with Crippen LogP contribution in [0.4, 0.5) is 0 Å². The minimum absolute atomic E-state index is 0.0829. The molecule has 1 heterocycles. The Morgan fingerprint density at radius 1 is 1.25 bits per heavy atom. The molecule has 0 saturated carbocycles. The lowest BCUT2D eigenvalue weighted by atomic mass is 10.1. The van der Waals surface area contributed by atoms with Gasteiger partial charge in [0.2, 0.25) is 5.91 Å². The van der Waals surface area contributed by atoms with E-state index in [1.165, 1.54) is 11.8 Å². The van der Waals surface area contributed by atoms with Crippen molar-refractivity contribution in [2.45, 2.75) is 26.2 Å². The Hall–Kier alpha value is -2.36. The van der Waals surface area contributed by atoms with Crippen molar-refractivity contribution >= 4 is 12.1 Å². The maximum atomic E-state index is 11.6. The summed E-state index contributed by atoms with van der Waals surface area (Å²) in [6.45, 7) is 1.86. The van der Waals surface area contributed by atoms with Gasteiger partial charge in [0, 0.05) is 6.42 Å². The van der Waals surface area contributed by atoms with Gasteiger partial charge in [-0.1, -0.05) is 30.3 Å². The van der Waals surface area contributed by atoms with Gasteiger partial charge in [-0.3, -0.25) is 4.79 Å². The molecule has 20 heavy (non-hydrogen) atoms. The van der Waals surface area contributed by atoms with Crippen molar-refractivity contribution in [3.8, 4) is 0 Å². The molecule has 2 aromatic rings. The van der Waals surface area contributed by atoms with Gasteiger partial charge in [0.1, 0.15) is 11.5 Å². The fraction of sp³-hybridized carbons (Fsp3) is 0.250. The fourth-order valence-corrected chi connectivity index (χ4v) is 1.84. The number of carbonyl (C=O) groups excluding carboxylic acids is 1. The van der Waals surface area contributed by atoms with Gasteiger partial charge in [0.15, 0.2) is 0 Å². The number of hydrogen-bond acceptors (Lipinski definition) is 3. The maximum Gasteiger partial charge on any atom is 0.240 e. The first kappa shape index (κ1) is 14.1. The van der Waals surface area contributed by atoms with Crippen molar-refractivity contribution in [2.24, 2.45) is 5.10 Å². The van der Waals surface area contributed by atoms with Crippen LogP contribution in [0.1, 0.15) is 29.9 Å². The molecule has 0 radical (unpaired) electrons. The molecule has 0 aliphatic carbocycles. The Labute approximate surface area is 118 Å². The molecule has 1 aromatic heterocycles. The number of aryl methyl sites for hydroxylation is 2. The lowest BCUT2D eigenvalue weighted by molar-refractivity contribution is -0.121. The van der Waals surface area contributed by atoms with Crippen LogP contribution in [0.15, 0.2) is 52.0 Å². The molecule has 1 N–H and O–H groups in total. The maximum absolute atomic E-state index is 11.6. The highest BCUT2D eigenvalue weighted by molar-refractivity contribution is 5.80. The summed E-state index contributed by atoms with van der Waals surface area (Å²) in [5.74, 6) is 1.37. The molecule has 0 saturated heterocycles. The Kier molecular flexibility index (Phi) is 5.12. The zero-order valence-corrected chi connectivity index (χ0v) is 11.5. The van der Waals surface area contributed by atoms with Crippen LogP contribution in [0.5, 0.6) is 0 Å². The van der Waals surface area contributed by atoms with E-state index in [0.717, 1.165) is 18.6 Å². The van der Waals surface area contributed by atoms with Gasteiger partial charge in [-0.05, 0) is 37.5 Å². The van der Waals surface area contributed by atoms with Crippen molar-refractivity contribution in [3.63, 3.8) is 0 Å². The molecule has 2 rings (SSSR count). The summed E-state index contributed by atoms with van der Waals surface area (Å²) < 4.78 is 5.30. The first-order chi connectivity index (χ1) is 9.74. The van der Waals surface area contributed by atoms with Gasteiger partial charge in [0.25, 0.3) is 0 Å². The second-order valence-corrected chi connectivity index (χ2v) is 4.58. The van der Waals surface area contributed by atoms with E-state index < -0.39 is 0 Å². The third-order valence-electron chi connectivity index (χ3n) is 2.85. The third-order valence-corrected chi connectivity index (χ3v) is 2.85. The largest absolute Gasteiger partial charge is 0.460 e. The van der Waals surface area contributed by atoms with Gasteiger partial charge in [-0.2, -0.15) is 5.10 Å². The highest BCUT2D eigenvalue weighted by atomic mass is 16.3. The van der Waals surface area contributed by atoms with Crippen LogP contribution in [-0.2, 0) is 11.2 Å². The number of benzene rings is 1. The Balaban J connectivity index is 1.67. The summed E-state index contributed by atoms with van der Waals surface area (Å²) in [5.41, 5.74) is 3.74. The third kappa shape index (κ3) is 4.72. The molecule has 0 aliphatic rings. The number of amides is 1. The van der Waals surface area contributed by atoms with E-state index in [1.807, 2.05) is 31.2 Å². The van der Waals surface area contributed by atoms with Crippen molar-refractivity contribution in [2.75, 3.05) is 0 Å². The van der Waals surface area contributed by atoms with E-state index in [2.05, 4.69) is 22.7 Å². The monoisotopic (exact) mass is 270 g/mol. The summed E-state index contributed by atoms with van der Waals surface area (Å²) in [7, 11) is 0. The van der Waals surface area contributed by atoms with Crippen LogP contribution in [-0.4, -0.2) is 12.1 Å². The molecule has 0 atom stereocenters. The van der Waals surface area contributed by atoms with Crippen LogP contribution in [0, 0.1) is 6.92 Å². The van der Waals surface area contributed by atoms with E-state index in [1.54, 1.807) is 6.07 Å². The highest BCUT2D eigenvalue weighted by Gasteiger charge is 2.00. The minimum Gasteiger partial charge on any atom is -0.460 e. The Morgan fingerprint density at radius 2 is 2.05 bits per heavy atom. The normalized spacial score (nSPS) is 10.8. The van der Waals surface area contributed by atoms with Gasteiger partial charge in [0.05, 0.1) is 6.21 Å². The standard InChI is InChI=1S/C16H18N2O2/c1-13-10-11-15(20-13)12-17-18-16(19)9-5-8-14-6-3-2-4-7-14/h2-4,6-7,10-12H,5,8-9H2,1H3,(H,18,19)/b17-12+. The molecule has 4 heteroatoms. The molecule has 104 valence electrons. The molecule has 0 fully saturated rings. The number of carbonyl (C=O) groups is 1. The van der Waals surface area contributed by atoms with Crippen LogP contribution in [0.25, 0.3) is 0 Å². The van der Waals surface area contributed by atoms with Crippen LogP contribution < -0.4 is 5.43 Å². The van der Waals surface area contributed by atoms with E-state index in [0.29, 0.717) is 12.2 Å². The average molecular weight is 270 g/mol. The number of nitrogens with one attached hydrogen (secondary N) is 1. The number of hydrogen-bond donors (Lipinski definition) is 1. The number of furan rings is 1. The molecule has 0 unspecified atom stereocenters. The smallest absolute Gasteiger partial charge is 0.240 e. The van der Waals surface area contributed by atoms with Gasteiger partial charge in [-0.25, -0.2) is 5.43 Å². The fourth-order valence-electron chi connectivity index (χ4n) is 1.84. The molecule has 0 aliphatic heterocycles. The first-order valence-electron chi connectivity index (χ1n) is 6.66. The summed E-state index contributed by atoms with van der Waals surface area (Å²) in [6.07, 6.45) is 3.67. The lowest BCUT2D eigenvalue weighted by Gasteiger charge is -2.00. The van der Waals surface area contributed by atoms with Crippen LogP contribution >= 0.6 is 0 Å². The Bertz CT molecular complexity index is 573. The molecular weight excluding hydrogens is 252 g/mol. The van der Waals surface area contributed by atoms with E-state index >= 15 is 0 Å².